The first-order valence-corrected chi connectivity index (χ1v) is 14.9. The van der Waals surface area contributed by atoms with Crippen molar-refractivity contribution in [3.8, 4) is 0 Å². The molecule has 0 N–H and O–H groups in total. The molecule has 0 unspecified atom stereocenters. The van der Waals surface area contributed by atoms with Gasteiger partial charge < -0.3 is 9.64 Å². The molecule has 6 rings (SSSR count). The number of benzene rings is 2. The van der Waals surface area contributed by atoms with Gasteiger partial charge in [-0.3, -0.25) is 4.79 Å². The summed E-state index contributed by atoms with van der Waals surface area (Å²) in [5.74, 6) is 2.61. The van der Waals surface area contributed by atoms with Gasteiger partial charge in [0.05, 0.1) is 12.2 Å². The smallest absolute Gasteiger partial charge is 0.338 e. The van der Waals surface area contributed by atoms with E-state index >= 15 is 0 Å². The van der Waals surface area contributed by atoms with Crippen LogP contribution >= 0.6 is 0 Å². The standard InChI is InChI=1S/C34H45NO3/c1-5-38-33(37)27-14-12-25(13-15-27)26-16-18-29(19-17-26)35(32(36)20-11-24-9-7-6-8-10-24)31-22-28-21-30(23(31)2)34(28,3)4/h6-10,12-15,23,26,28-31H,5,11,16-22H2,1-4H3/t23-,26?,28+,29?,30+,31+/m1/s1. The van der Waals surface area contributed by atoms with Gasteiger partial charge in [0.25, 0.3) is 0 Å². The van der Waals surface area contributed by atoms with E-state index in [1.54, 1.807) is 0 Å². The van der Waals surface area contributed by atoms with E-state index in [0.29, 0.717) is 53.8 Å². The summed E-state index contributed by atoms with van der Waals surface area (Å²) >= 11 is 0. The third-order valence-corrected chi connectivity index (χ3v) is 10.4. The lowest BCUT2D eigenvalue weighted by Crippen LogP contribution is -2.63. The fourth-order valence-corrected chi connectivity index (χ4v) is 7.97. The highest BCUT2D eigenvalue weighted by atomic mass is 16.5. The third kappa shape index (κ3) is 5.28. The summed E-state index contributed by atoms with van der Waals surface area (Å²) in [4.78, 5) is 28.4. The Morgan fingerprint density at radius 2 is 1.63 bits per heavy atom. The number of aryl methyl sites for hydroxylation is 1. The maximum absolute atomic E-state index is 13.9. The van der Waals surface area contributed by atoms with Gasteiger partial charge in [0, 0.05) is 18.5 Å². The predicted molar refractivity (Wildman–Crippen MR) is 152 cm³/mol. The molecule has 4 heteroatoms. The van der Waals surface area contributed by atoms with Crippen LogP contribution in [0.15, 0.2) is 54.6 Å². The van der Waals surface area contributed by atoms with Gasteiger partial charge in [-0.15, -0.1) is 0 Å². The zero-order chi connectivity index (χ0) is 26.9. The summed E-state index contributed by atoms with van der Waals surface area (Å²) in [7, 11) is 0. The van der Waals surface area contributed by atoms with E-state index < -0.39 is 0 Å². The second-order valence-corrected chi connectivity index (χ2v) is 12.7. The van der Waals surface area contributed by atoms with Gasteiger partial charge in [0.1, 0.15) is 0 Å². The van der Waals surface area contributed by atoms with Crippen LogP contribution in [0.5, 0.6) is 0 Å². The van der Waals surface area contributed by atoms with Crippen molar-refractivity contribution in [3.63, 3.8) is 0 Å². The fourth-order valence-electron chi connectivity index (χ4n) is 7.97. The van der Waals surface area contributed by atoms with Crippen LogP contribution in [0.3, 0.4) is 0 Å². The van der Waals surface area contributed by atoms with Crippen LogP contribution in [0.1, 0.15) is 100 Å². The van der Waals surface area contributed by atoms with Gasteiger partial charge in [-0.1, -0.05) is 63.2 Å². The highest BCUT2D eigenvalue weighted by molar-refractivity contribution is 5.89. The van der Waals surface area contributed by atoms with Gasteiger partial charge >= 0.3 is 5.97 Å². The minimum atomic E-state index is -0.254. The van der Waals surface area contributed by atoms with Crippen molar-refractivity contribution in [2.24, 2.45) is 23.2 Å². The molecule has 2 aromatic carbocycles. The van der Waals surface area contributed by atoms with Crippen molar-refractivity contribution >= 4 is 11.9 Å². The molecule has 4 fully saturated rings. The molecule has 4 saturated carbocycles. The molecule has 0 aromatic heterocycles. The second-order valence-electron chi connectivity index (χ2n) is 12.7. The number of ether oxygens (including phenoxy) is 1. The number of hydrogen-bond acceptors (Lipinski definition) is 3. The Morgan fingerprint density at radius 1 is 0.947 bits per heavy atom. The van der Waals surface area contributed by atoms with Crippen LogP contribution < -0.4 is 0 Å². The topological polar surface area (TPSA) is 46.6 Å². The van der Waals surface area contributed by atoms with E-state index in [0.717, 1.165) is 50.4 Å². The Balaban J connectivity index is 1.27. The van der Waals surface area contributed by atoms with Crippen molar-refractivity contribution in [2.45, 2.75) is 97.1 Å². The lowest BCUT2D eigenvalue weighted by molar-refractivity contribution is -0.164. The molecule has 4 atom stereocenters. The molecule has 0 spiro atoms. The summed E-state index contributed by atoms with van der Waals surface area (Å²) in [6, 6.07) is 19.1. The van der Waals surface area contributed by atoms with E-state index in [4.69, 9.17) is 4.74 Å². The van der Waals surface area contributed by atoms with E-state index in [1.165, 1.54) is 17.5 Å². The Kier molecular flexibility index (Phi) is 7.98. The maximum atomic E-state index is 13.9. The van der Waals surface area contributed by atoms with E-state index in [2.05, 4.69) is 62.1 Å². The third-order valence-electron chi connectivity index (χ3n) is 10.4. The van der Waals surface area contributed by atoms with Gasteiger partial charge in [0.15, 0.2) is 0 Å². The van der Waals surface area contributed by atoms with Gasteiger partial charge in [-0.2, -0.15) is 0 Å². The Labute approximate surface area is 229 Å². The van der Waals surface area contributed by atoms with E-state index in [1.807, 2.05) is 25.1 Å². The molecule has 204 valence electrons. The highest BCUT2D eigenvalue weighted by Gasteiger charge is 2.58. The van der Waals surface area contributed by atoms with Crippen molar-refractivity contribution in [1.82, 2.24) is 4.90 Å². The first-order chi connectivity index (χ1) is 18.3. The normalized spacial score (nSPS) is 29.7. The average Bonchev–Trinajstić information content (AvgIpc) is 2.94. The molecule has 4 nitrogen and oxygen atoms in total. The maximum Gasteiger partial charge on any atom is 0.338 e. The Bertz CT molecular complexity index is 1100. The lowest BCUT2D eigenvalue weighted by Gasteiger charge is -2.64. The number of esters is 1. The van der Waals surface area contributed by atoms with Crippen LogP contribution in [-0.4, -0.2) is 35.5 Å². The number of hydrogen-bond donors (Lipinski definition) is 0. The summed E-state index contributed by atoms with van der Waals surface area (Å²) in [6.45, 7) is 9.53. The molecule has 4 aliphatic carbocycles. The lowest BCUT2D eigenvalue weighted by atomic mass is 9.44. The molecule has 0 radical (unpaired) electrons. The van der Waals surface area contributed by atoms with Crippen LogP contribution in [-0.2, 0) is 16.0 Å². The van der Waals surface area contributed by atoms with Crippen LogP contribution in [0, 0.1) is 23.2 Å². The molecule has 2 aromatic rings. The van der Waals surface area contributed by atoms with E-state index in [9.17, 15) is 9.59 Å². The Hall–Kier alpha value is -2.62. The van der Waals surface area contributed by atoms with Crippen LogP contribution in [0.4, 0.5) is 0 Å². The van der Waals surface area contributed by atoms with Gasteiger partial charge in [0.2, 0.25) is 5.91 Å². The molecule has 0 heterocycles. The zero-order valence-corrected chi connectivity index (χ0v) is 23.7. The monoisotopic (exact) mass is 515 g/mol. The summed E-state index contributed by atoms with van der Waals surface area (Å²) in [5.41, 5.74) is 3.58. The molecular formula is C34H45NO3. The summed E-state index contributed by atoms with van der Waals surface area (Å²) in [5, 5.41) is 0. The highest BCUT2D eigenvalue weighted by Crippen LogP contribution is 2.62. The summed E-state index contributed by atoms with van der Waals surface area (Å²) < 4.78 is 5.14. The Morgan fingerprint density at radius 3 is 2.24 bits per heavy atom. The van der Waals surface area contributed by atoms with Gasteiger partial charge in [-0.05, 0) is 104 Å². The van der Waals surface area contributed by atoms with Crippen LogP contribution in [0.25, 0.3) is 0 Å². The van der Waals surface area contributed by atoms with Gasteiger partial charge in [-0.25, -0.2) is 4.79 Å². The zero-order valence-electron chi connectivity index (χ0n) is 23.7. The van der Waals surface area contributed by atoms with Crippen molar-refractivity contribution < 1.29 is 14.3 Å². The molecule has 1 amide bonds. The minimum Gasteiger partial charge on any atom is -0.462 e. The fraction of sp³-hybridized carbons (Fsp3) is 0.588. The largest absolute Gasteiger partial charge is 0.462 e. The second kappa shape index (κ2) is 11.2. The molecule has 0 aliphatic heterocycles. The quantitative estimate of drug-likeness (QED) is 0.344. The van der Waals surface area contributed by atoms with Crippen molar-refractivity contribution in [2.75, 3.05) is 6.61 Å². The first-order valence-electron chi connectivity index (χ1n) is 14.9. The number of carbonyl (C=O) groups excluding carboxylic acids is 2. The molecule has 2 bridgehead atoms. The number of fused-ring (bicyclic) bond motifs is 2. The average molecular weight is 516 g/mol. The van der Waals surface area contributed by atoms with Crippen molar-refractivity contribution in [3.05, 3.63) is 71.3 Å². The molecular weight excluding hydrogens is 470 g/mol. The SMILES string of the molecule is CCOC(=O)c1ccc(C2CCC(N(C(=O)CCc3ccccc3)[C@H]3C[C@@H]4C[C@@H]([C@H]3C)C4(C)C)CC2)cc1. The summed E-state index contributed by atoms with van der Waals surface area (Å²) in [6.07, 6.45) is 8.21. The number of carbonyl (C=O) groups is 2. The van der Waals surface area contributed by atoms with E-state index in [-0.39, 0.29) is 5.97 Å². The van der Waals surface area contributed by atoms with Crippen LogP contribution in [0.2, 0.25) is 0 Å². The predicted octanol–water partition coefficient (Wildman–Crippen LogP) is 7.42. The van der Waals surface area contributed by atoms with Crippen molar-refractivity contribution in [1.29, 1.82) is 0 Å². The number of amides is 1. The molecule has 0 saturated heterocycles. The first kappa shape index (κ1) is 27.0. The number of nitrogens with zero attached hydrogens (tertiary/aromatic N) is 1. The number of rotatable bonds is 8. The molecule has 4 aliphatic rings. The molecule has 38 heavy (non-hydrogen) atoms. The minimum absolute atomic E-state index is 0.254.